The van der Waals surface area contributed by atoms with E-state index in [1.807, 2.05) is 32.0 Å². The van der Waals surface area contributed by atoms with Crippen molar-refractivity contribution in [2.24, 2.45) is 0 Å². The van der Waals surface area contributed by atoms with Crippen molar-refractivity contribution in [1.29, 1.82) is 0 Å². The summed E-state index contributed by atoms with van der Waals surface area (Å²) in [6, 6.07) is 6.10. The summed E-state index contributed by atoms with van der Waals surface area (Å²) in [5.74, 6) is -0.165. The Morgan fingerprint density at radius 2 is 2.10 bits per heavy atom. The normalized spacial score (nSPS) is 10.6. The molecule has 0 amide bonds. The van der Waals surface area contributed by atoms with Gasteiger partial charge in [-0.1, -0.05) is 17.3 Å². The molecule has 112 valence electrons. The van der Waals surface area contributed by atoms with E-state index in [1.165, 1.54) is 0 Å². The van der Waals surface area contributed by atoms with Crippen molar-refractivity contribution in [3.63, 3.8) is 0 Å². The molecule has 0 aliphatic rings. The number of ether oxygens (including phenoxy) is 1. The number of carboxylic acids is 1. The van der Waals surface area contributed by atoms with Crippen molar-refractivity contribution in [3.8, 4) is 5.75 Å². The van der Waals surface area contributed by atoms with Gasteiger partial charge in [-0.05, 0) is 38.0 Å². The summed E-state index contributed by atoms with van der Waals surface area (Å²) in [4.78, 5) is 10.9. The first-order valence-electron chi connectivity index (χ1n) is 6.82. The predicted molar refractivity (Wildman–Crippen MR) is 77.7 cm³/mol. The molecule has 0 aliphatic carbocycles. The Balaban J connectivity index is 1.88. The molecule has 2 rings (SSSR count). The quantitative estimate of drug-likeness (QED) is 0.826. The van der Waals surface area contributed by atoms with Gasteiger partial charge in [0.1, 0.15) is 5.75 Å². The summed E-state index contributed by atoms with van der Waals surface area (Å²) in [7, 11) is 0. The fraction of sp³-hybridized carbons (Fsp3) is 0.400. The second-order valence-electron chi connectivity index (χ2n) is 5.02. The van der Waals surface area contributed by atoms with E-state index in [1.54, 1.807) is 11.6 Å². The maximum atomic E-state index is 10.9. The Bertz CT molecular complexity index is 650. The Kier molecular flexibility index (Phi) is 4.57. The van der Waals surface area contributed by atoms with Crippen LogP contribution in [0.2, 0.25) is 0 Å². The Labute approximate surface area is 123 Å². The smallest absolute Gasteiger partial charge is 0.358 e. The van der Waals surface area contributed by atoms with Gasteiger partial charge in [0.15, 0.2) is 5.69 Å². The number of hydrogen-bond donors (Lipinski definition) is 1. The van der Waals surface area contributed by atoms with Crippen molar-refractivity contribution in [2.45, 2.75) is 33.7 Å². The lowest BCUT2D eigenvalue weighted by molar-refractivity contribution is 0.0689. The van der Waals surface area contributed by atoms with Gasteiger partial charge in [0.05, 0.1) is 12.3 Å². The molecular weight excluding hydrogens is 270 g/mol. The molecule has 1 N–H and O–H groups in total. The molecule has 1 aromatic carbocycles. The first kappa shape index (κ1) is 15.0. The van der Waals surface area contributed by atoms with Crippen molar-refractivity contribution in [3.05, 3.63) is 40.7 Å². The minimum atomic E-state index is -1.05. The first-order chi connectivity index (χ1) is 9.99. The van der Waals surface area contributed by atoms with Gasteiger partial charge in [0.2, 0.25) is 0 Å². The first-order valence-corrected chi connectivity index (χ1v) is 6.82. The lowest BCUT2D eigenvalue weighted by Crippen LogP contribution is -2.08. The molecule has 6 nitrogen and oxygen atoms in total. The van der Waals surface area contributed by atoms with Gasteiger partial charge in [-0.25, -0.2) is 9.48 Å². The molecule has 0 fully saturated rings. The molecule has 0 unspecified atom stereocenters. The zero-order valence-electron chi connectivity index (χ0n) is 12.5. The largest absolute Gasteiger partial charge is 0.493 e. The molecule has 0 aliphatic heterocycles. The molecular formula is C15H19N3O3. The summed E-state index contributed by atoms with van der Waals surface area (Å²) in [5.41, 5.74) is 2.83. The third-order valence-corrected chi connectivity index (χ3v) is 3.30. The SMILES string of the molecule is Cc1ccc(C)c(OCCCn2nnc(C(=O)O)c2C)c1. The van der Waals surface area contributed by atoms with Crippen LogP contribution in [-0.4, -0.2) is 32.7 Å². The molecule has 0 bridgehead atoms. The highest BCUT2D eigenvalue weighted by Gasteiger charge is 2.14. The van der Waals surface area contributed by atoms with E-state index in [-0.39, 0.29) is 5.69 Å². The van der Waals surface area contributed by atoms with E-state index < -0.39 is 5.97 Å². The van der Waals surface area contributed by atoms with Gasteiger partial charge >= 0.3 is 5.97 Å². The lowest BCUT2D eigenvalue weighted by Gasteiger charge is -2.10. The number of hydrogen-bond acceptors (Lipinski definition) is 4. The maximum Gasteiger partial charge on any atom is 0.358 e. The predicted octanol–water partition coefficient (Wildman–Crippen LogP) is 2.37. The van der Waals surface area contributed by atoms with E-state index in [0.717, 1.165) is 23.3 Å². The molecule has 2 aromatic rings. The highest BCUT2D eigenvalue weighted by molar-refractivity contribution is 5.86. The molecule has 1 aromatic heterocycles. The van der Waals surface area contributed by atoms with Crippen LogP contribution in [0, 0.1) is 20.8 Å². The van der Waals surface area contributed by atoms with Crippen molar-refractivity contribution < 1.29 is 14.6 Å². The number of carbonyl (C=O) groups is 1. The number of nitrogens with zero attached hydrogens (tertiary/aromatic N) is 3. The van der Waals surface area contributed by atoms with E-state index in [4.69, 9.17) is 9.84 Å². The maximum absolute atomic E-state index is 10.9. The Morgan fingerprint density at radius 1 is 1.33 bits per heavy atom. The van der Waals surface area contributed by atoms with Crippen molar-refractivity contribution in [1.82, 2.24) is 15.0 Å². The van der Waals surface area contributed by atoms with Gasteiger partial charge in [-0.2, -0.15) is 0 Å². The van der Waals surface area contributed by atoms with Crippen LogP contribution in [0.15, 0.2) is 18.2 Å². The third kappa shape index (κ3) is 3.59. The van der Waals surface area contributed by atoms with Crippen LogP contribution in [0.3, 0.4) is 0 Å². The molecule has 1 heterocycles. The van der Waals surface area contributed by atoms with E-state index in [9.17, 15) is 4.79 Å². The van der Waals surface area contributed by atoms with Crippen LogP contribution in [0.25, 0.3) is 0 Å². The summed E-state index contributed by atoms with van der Waals surface area (Å²) in [5, 5.41) is 16.4. The topological polar surface area (TPSA) is 77.2 Å². The Hall–Kier alpha value is -2.37. The average molecular weight is 289 g/mol. The van der Waals surface area contributed by atoms with Gasteiger partial charge < -0.3 is 9.84 Å². The number of carboxylic acid groups (broad SMARTS) is 1. The molecule has 6 heteroatoms. The van der Waals surface area contributed by atoms with E-state index in [0.29, 0.717) is 18.8 Å². The summed E-state index contributed by atoms with van der Waals surface area (Å²) < 4.78 is 7.35. The Morgan fingerprint density at radius 3 is 2.76 bits per heavy atom. The highest BCUT2D eigenvalue weighted by Crippen LogP contribution is 2.19. The standard InChI is InChI=1S/C15H19N3O3/c1-10-5-6-11(2)13(9-10)21-8-4-7-18-12(3)14(15(19)20)16-17-18/h5-6,9H,4,7-8H2,1-3H3,(H,19,20). The number of aryl methyl sites for hydroxylation is 3. The van der Waals surface area contributed by atoms with Gasteiger partial charge in [-0.15, -0.1) is 5.10 Å². The van der Waals surface area contributed by atoms with Crippen LogP contribution in [-0.2, 0) is 6.54 Å². The van der Waals surface area contributed by atoms with Crippen LogP contribution < -0.4 is 4.74 Å². The second-order valence-corrected chi connectivity index (χ2v) is 5.02. The minimum absolute atomic E-state index is 0.00504. The zero-order valence-corrected chi connectivity index (χ0v) is 12.5. The zero-order chi connectivity index (χ0) is 15.4. The summed E-state index contributed by atoms with van der Waals surface area (Å²) in [6.45, 7) is 6.87. The van der Waals surface area contributed by atoms with Crippen LogP contribution in [0.4, 0.5) is 0 Å². The molecule has 0 spiro atoms. The molecule has 0 radical (unpaired) electrons. The van der Waals surface area contributed by atoms with Crippen molar-refractivity contribution >= 4 is 5.97 Å². The number of aromatic nitrogens is 3. The van der Waals surface area contributed by atoms with Crippen molar-refractivity contribution in [2.75, 3.05) is 6.61 Å². The fourth-order valence-corrected chi connectivity index (χ4v) is 2.03. The van der Waals surface area contributed by atoms with Gasteiger partial charge in [0.25, 0.3) is 0 Å². The molecule has 0 saturated carbocycles. The number of rotatable bonds is 6. The second kappa shape index (κ2) is 6.39. The van der Waals surface area contributed by atoms with Crippen LogP contribution in [0.5, 0.6) is 5.75 Å². The fourth-order valence-electron chi connectivity index (χ4n) is 2.03. The van der Waals surface area contributed by atoms with Gasteiger partial charge in [0, 0.05) is 13.0 Å². The molecule has 0 atom stereocenters. The minimum Gasteiger partial charge on any atom is -0.493 e. The van der Waals surface area contributed by atoms with E-state index >= 15 is 0 Å². The average Bonchev–Trinajstić information content (AvgIpc) is 2.80. The number of aromatic carboxylic acids is 1. The van der Waals surface area contributed by atoms with Crippen LogP contribution >= 0.6 is 0 Å². The summed E-state index contributed by atoms with van der Waals surface area (Å²) in [6.07, 6.45) is 0.733. The monoisotopic (exact) mass is 289 g/mol. The molecule has 21 heavy (non-hydrogen) atoms. The van der Waals surface area contributed by atoms with E-state index in [2.05, 4.69) is 10.3 Å². The van der Waals surface area contributed by atoms with Gasteiger partial charge in [-0.3, -0.25) is 0 Å². The highest BCUT2D eigenvalue weighted by atomic mass is 16.5. The lowest BCUT2D eigenvalue weighted by atomic mass is 10.1. The van der Waals surface area contributed by atoms with Crippen LogP contribution in [0.1, 0.15) is 33.7 Å². The third-order valence-electron chi connectivity index (χ3n) is 3.30. The number of benzene rings is 1. The molecule has 0 saturated heterocycles. The summed E-state index contributed by atoms with van der Waals surface area (Å²) >= 11 is 0.